The van der Waals surface area contributed by atoms with Gasteiger partial charge in [-0.2, -0.15) is 0 Å². The molecule has 3 aromatic carbocycles. The number of carbonyl (C=O) groups is 3. The van der Waals surface area contributed by atoms with Crippen LogP contribution in [-0.2, 0) is 19.1 Å². The van der Waals surface area contributed by atoms with E-state index in [1.165, 1.54) is 112 Å². The molecule has 15 heteroatoms. The first-order valence-electron chi connectivity index (χ1n) is 42.5. The molecule has 10 saturated carbocycles. The number of phenols is 1. The Kier molecular flexibility index (Phi) is 33.7. The van der Waals surface area contributed by atoms with Crippen molar-refractivity contribution in [3.63, 3.8) is 0 Å². The number of carboxylic acids is 2. The zero-order valence-electron chi connectivity index (χ0n) is 72.9. The quantitative estimate of drug-likeness (QED) is 0.0360. The predicted octanol–water partition coefficient (Wildman–Crippen LogP) is 20.9. The van der Waals surface area contributed by atoms with Gasteiger partial charge in [-0.1, -0.05) is 186 Å². The van der Waals surface area contributed by atoms with Gasteiger partial charge in [0.2, 0.25) is 0 Å². The number of phenolic OH excluding ortho intramolecular Hbond substituents is 1. The number of allylic oxidation sites excluding steroid dienone is 2. The van der Waals surface area contributed by atoms with Gasteiger partial charge in [-0.3, -0.25) is 4.79 Å². The molecule has 3 aromatic rings. The van der Waals surface area contributed by atoms with Crippen molar-refractivity contribution >= 4 is 29.5 Å². The van der Waals surface area contributed by atoms with Crippen LogP contribution in [0.15, 0.2) is 78.9 Å². The molecule has 7 N–H and O–H groups in total. The second kappa shape index (κ2) is 38.2. The third-order valence-electron chi connectivity index (χ3n) is 33.7. The molecule has 0 saturated heterocycles. The molecule has 0 radical (unpaired) electrons. The number of aromatic hydroxyl groups is 1. The molecule has 0 bridgehead atoms. The maximum atomic E-state index is 13.2. The summed E-state index contributed by atoms with van der Waals surface area (Å²) in [5.74, 6) is 6.88. The minimum absolute atomic E-state index is 0. The van der Waals surface area contributed by atoms with Gasteiger partial charge in [-0.15, -0.1) is 11.6 Å². The fourth-order valence-electron chi connectivity index (χ4n) is 26.9. The summed E-state index contributed by atoms with van der Waals surface area (Å²) in [6, 6.07) is 18.0. The van der Waals surface area contributed by atoms with Gasteiger partial charge in [0, 0.05) is 12.0 Å². The van der Waals surface area contributed by atoms with Crippen LogP contribution in [-0.4, -0.2) is 98.5 Å². The molecule has 0 aromatic heterocycles. The number of aryl methyl sites for hydroxylation is 3. The number of hydrogen-bond acceptors (Lipinski definition) is 11. The Morgan fingerprint density at radius 2 is 0.858 bits per heavy atom. The Hall–Kier alpha value is -3.92. The standard InChI is InChI=1S/C42H64O4.C30H50O2.C12H16O3.C10H14O.C2H3ClO2.2CH4.Na.H2O/c1-26(2)29-12-11-28(5)32(23-29)45-24-36(44)46-25-42-20-15-30(27(3)4)37(42)31-13-14-34-39(8)18-17-35(43)38(6,7)33(39)16-19-41(34,10)40(31,9)21-22-42;1-19(2)20-10-15-30(18-31)17-16-28(6)21(25(20)30)8-9-23-27(5)13-12-24(32)26(3,4)22(27)11-14-29(23,28)7;1-8(2)10-5-4-9(3)11(6-10)15-7-12(13)14;1-7(2)9-5-4-8(3)10(11)6-9;3-1-2(4)5;;;;/h11-12,23,26,30-31,33-35,37,43H,3,13-22,24-25H2,1-2,4-10H3;20-25,31-32H,1,8-18H2,2-7H3;4-6,8H,7H2,1-3H3,(H,13,14);4-7,11H,1-3H3;1H2,(H,4,5);2*1H4;;1H2/q;;;;;;;+1;/p-1/t30-,31?,33?,34?,35-,37?,39-,40+,41+,42+;20-,21?,22?,23?,24-,25?,27-,28+,29+,30+;;;;;;;/m00......./s1. The van der Waals surface area contributed by atoms with Gasteiger partial charge in [0.05, 0.1) is 18.8 Å². The van der Waals surface area contributed by atoms with Crippen LogP contribution in [0.2, 0.25) is 0 Å². The number of ether oxygens (including phenoxy) is 3. The second-order valence-electron chi connectivity index (χ2n) is 40.7. The van der Waals surface area contributed by atoms with Crippen LogP contribution >= 0.6 is 11.6 Å². The topological polar surface area (TPSA) is 230 Å². The fraction of sp³-hybridized carbons (Fsp3) is 0.745. The Balaban J connectivity index is 0.000000293. The van der Waals surface area contributed by atoms with E-state index in [0.717, 1.165) is 78.4 Å². The Morgan fingerprint density at radius 3 is 1.23 bits per heavy atom. The van der Waals surface area contributed by atoms with E-state index in [4.69, 9.17) is 36.0 Å². The van der Waals surface area contributed by atoms with Gasteiger partial charge in [0.1, 0.15) is 23.1 Å². The zero-order chi connectivity index (χ0) is 80.9. The number of carboxylic acid groups (broad SMARTS) is 2. The summed E-state index contributed by atoms with van der Waals surface area (Å²) in [6.07, 6.45) is 23.8. The molecule has 113 heavy (non-hydrogen) atoms. The van der Waals surface area contributed by atoms with E-state index in [0.29, 0.717) is 106 Å². The Morgan fingerprint density at radius 1 is 0.487 bits per heavy atom. The molecule has 10 aliphatic carbocycles. The molecule has 10 fully saturated rings. The minimum Gasteiger partial charge on any atom is -0.870 e. The molecule has 634 valence electrons. The number of hydrogen-bond donors (Lipinski definition) is 6. The molecular weight excluding hydrogens is 1440 g/mol. The Bertz CT molecular complexity index is 3730. The number of aliphatic hydroxyl groups is 3. The average molecular weight is 1600 g/mol. The van der Waals surface area contributed by atoms with Gasteiger partial charge in [-0.05, 0) is 340 Å². The third-order valence-corrected chi connectivity index (χ3v) is 34.0. The summed E-state index contributed by atoms with van der Waals surface area (Å²) >= 11 is 4.74. The van der Waals surface area contributed by atoms with E-state index in [9.17, 15) is 34.8 Å². The number of halogens is 1. The Labute approximate surface area is 712 Å². The molecule has 10 aliphatic rings. The van der Waals surface area contributed by atoms with Crippen molar-refractivity contribution in [3.05, 3.63) is 112 Å². The van der Waals surface area contributed by atoms with Gasteiger partial charge < -0.3 is 50.3 Å². The number of aliphatic hydroxyl groups excluding tert-OH is 3. The summed E-state index contributed by atoms with van der Waals surface area (Å²) in [7, 11) is 0. The van der Waals surface area contributed by atoms with Crippen molar-refractivity contribution in [2.45, 2.75) is 319 Å². The van der Waals surface area contributed by atoms with E-state index in [-0.39, 0.29) is 125 Å². The molecule has 0 aliphatic heterocycles. The van der Waals surface area contributed by atoms with E-state index < -0.39 is 11.9 Å². The predicted molar refractivity (Wildman–Crippen MR) is 458 cm³/mol. The maximum absolute atomic E-state index is 13.2. The zero-order valence-corrected chi connectivity index (χ0v) is 75.7. The summed E-state index contributed by atoms with van der Waals surface area (Å²) in [4.78, 5) is 32.9. The van der Waals surface area contributed by atoms with Gasteiger partial charge in [0.25, 0.3) is 0 Å². The first-order chi connectivity index (χ1) is 50.8. The molecule has 13 rings (SSSR count). The van der Waals surface area contributed by atoms with Crippen LogP contribution in [0.25, 0.3) is 0 Å². The van der Waals surface area contributed by atoms with Crippen molar-refractivity contribution in [1.29, 1.82) is 0 Å². The third kappa shape index (κ3) is 18.8. The molecule has 0 heterocycles. The van der Waals surface area contributed by atoms with E-state index in [1.54, 1.807) is 0 Å². The van der Waals surface area contributed by atoms with Gasteiger partial charge in [-0.25, -0.2) is 9.59 Å². The molecule has 20 atom stereocenters. The molecule has 8 unspecified atom stereocenters. The van der Waals surface area contributed by atoms with Gasteiger partial charge in [0.15, 0.2) is 13.2 Å². The number of esters is 1. The van der Waals surface area contributed by atoms with Crippen molar-refractivity contribution in [2.75, 3.05) is 32.3 Å². The largest absolute Gasteiger partial charge is 1.00 e. The fourth-order valence-corrected chi connectivity index (χ4v) is 26.9. The summed E-state index contributed by atoms with van der Waals surface area (Å²) in [5.41, 5.74) is 11.2. The van der Waals surface area contributed by atoms with Crippen LogP contribution in [0.4, 0.5) is 0 Å². The van der Waals surface area contributed by atoms with E-state index in [1.807, 2.05) is 51.1 Å². The number of rotatable bonds is 15. The summed E-state index contributed by atoms with van der Waals surface area (Å²) in [5, 5.41) is 58.1. The molecule has 0 amide bonds. The maximum Gasteiger partial charge on any atom is 1.00 e. The first-order valence-corrected chi connectivity index (χ1v) is 43.0. The monoisotopic (exact) mass is 1600 g/mol. The van der Waals surface area contributed by atoms with Crippen molar-refractivity contribution in [2.24, 2.45) is 113 Å². The molecular formula is C98H156ClNaO13. The molecule has 13 nitrogen and oxygen atoms in total. The number of benzene rings is 3. The van der Waals surface area contributed by atoms with Gasteiger partial charge >= 0.3 is 47.5 Å². The van der Waals surface area contributed by atoms with E-state index >= 15 is 0 Å². The normalized spacial score (nSPS) is 36.1. The number of alkyl halides is 1. The van der Waals surface area contributed by atoms with Crippen molar-refractivity contribution in [3.8, 4) is 17.2 Å². The number of aliphatic carboxylic acids is 2. The number of fused-ring (bicyclic) bond motifs is 14. The van der Waals surface area contributed by atoms with Crippen LogP contribution < -0.4 is 39.0 Å². The minimum atomic E-state index is -0.980. The van der Waals surface area contributed by atoms with E-state index in [2.05, 4.69) is 162 Å². The second-order valence-corrected chi connectivity index (χ2v) is 41.0. The SMILES string of the molecule is C.C.C=C(C)[C@@H]1CC[C@]2(CO)CC[C@]3(C)C(CCC4[C@@]5(C)CC[C@H](O)C(C)(C)C5CC[C@]43C)C12.C=C(C)[C@@H]1CC[C@]2(COC(=O)COc3cc(C(C)C)ccc3C)CC[C@]3(C)C(CCC4[C@@]5(C)CC[C@H](O)C(C)(C)C5CC[C@]43C)C12.Cc1ccc(C(C)C)cc1O.Cc1ccc(C(C)C)cc1OCC(=O)O.O=C(O)CCl.[Na+].[OH-]. The van der Waals surface area contributed by atoms with Crippen molar-refractivity contribution in [1.82, 2.24) is 0 Å². The number of carbonyl (C=O) groups excluding carboxylic acids is 1. The smallest absolute Gasteiger partial charge is 0.870 e. The van der Waals surface area contributed by atoms with Crippen LogP contribution in [0, 0.1) is 134 Å². The van der Waals surface area contributed by atoms with Crippen LogP contribution in [0.5, 0.6) is 17.2 Å². The van der Waals surface area contributed by atoms with Crippen LogP contribution in [0.1, 0.15) is 319 Å². The summed E-state index contributed by atoms with van der Waals surface area (Å²) < 4.78 is 17.4. The first kappa shape index (κ1) is 99.6. The molecule has 0 spiro atoms. The van der Waals surface area contributed by atoms with Crippen molar-refractivity contribution < 1.29 is 94.3 Å². The summed E-state index contributed by atoms with van der Waals surface area (Å²) in [6.45, 7) is 57.9. The van der Waals surface area contributed by atoms with Crippen LogP contribution in [0.3, 0.4) is 0 Å². The average Bonchev–Trinajstić information content (AvgIpc) is 1.61.